The van der Waals surface area contributed by atoms with Gasteiger partial charge in [0.15, 0.2) is 5.13 Å². The number of likely N-dealkylation sites (tertiary alicyclic amines) is 1. The summed E-state index contributed by atoms with van der Waals surface area (Å²) < 4.78 is 11.1. The number of carbonyl (C=O) groups is 1. The van der Waals surface area contributed by atoms with Gasteiger partial charge in [-0.2, -0.15) is 0 Å². The second kappa shape index (κ2) is 7.14. The summed E-state index contributed by atoms with van der Waals surface area (Å²) in [4.78, 5) is 22.8. The smallest absolute Gasteiger partial charge is 0.223 e. The van der Waals surface area contributed by atoms with Gasteiger partial charge in [-0.3, -0.25) is 9.69 Å². The van der Waals surface area contributed by atoms with Crippen molar-refractivity contribution >= 4 is 22.4 Å². The third-order valence-corrected chi connectivity index (χ3v) is 4.82. The van der Waals surface area contributed by atoms with Crippen molar-refractivity contribution in [2.75, 3.05) is 19.0 Å². The SMILES string of the molecule is COc1cc(OC2CN(Cc3cnc(NC(C)=O)s3)C2C)ccn1. The summed E-state index contributed by atoms with van der Waals surface area (Å²) in [6, 6.07) is 3.93. The summed E-state index contributed by atoms with van der Waals surface area (Å²) in [5.41, 5.74) is 0. The number of thiazole rings is 1. The monoisotopic (exact) mass is 348 g/mol. The Bertz CT molecular complexity index is 721. The molecule has 24 heavy (non-hydrogen) atoms. The third kappa shape index (κ3) is 3.82. The Morgan fingerprint density at radius 3 is 3.04 bits per heavy atom. The second-order valence-electron chi connectivity index (χ2n) is 5.67. The van der Waals surface area contributed by atoms with Crippen LogP contribution in [0.4, 0.5) is 5.13 Å². The van der Waals surface area contributed by atoms with Crippen LogP contribution < -0.4 is 14.8 Å². The van der Waals surface area contributed by atoms with E-state index >= 15 is 0 Å². The van der Waals surface area contributed by atoms with E-state index in [-0.39, 0.29) is 12.0 Å². The number of carbonyl (C=O) groups excluding carboxylic acids is 1. The summed E-state index contributed by atoms with van der Waals surface area (Å²) in [5.74, 6) is 1.21. The van der Waals surface area contributed by atoms with Crippen molar-refractivity contribution in [2.45, 2.75) is 32.5 Å². The molecule has 8 heteroatoms. The van der Waals surface area contributed by atoms with Crippen LogP contribution in [-0.2, 0) is 11.3 Å². The van der Waals surface area contributed by atoms with E-state index in [9.17, 15) is 4.79 Å². The van der Waals surface area contributed by atoms with Gasteiger partial charge in [0, 0.05) is 49.4 Å². The average molecular weight is 348 g/mol. The first-order valence-corrected chi connectivity index (χ1v) is 8.50. The summed E-state index contributed by atoms with van der Waals surface area (Å²) in [7, 11) is 1.59. The van der Waals surface area contributed by atoms with Gasteiger partial charge in [-0.15, -0.1) is 11.3 Å². The van der Waals surface area contributed by atoms with Gasteiger partial charge in [-0.25, -0.2) is 9.97 Å². The number of hydrogen-bond acceptors (Lipinski definition) is 7. The van der Waals surface area contributed by atoms with Crippen molar-refractivity contribution in [1.29, 1.82) is 0 Å². The number of anilines is 1. The minimum Gasteiger partial charge on any atom is -0.487 e. The van der Waals surface area contributed by atoms with Crippen molar-refractivity contribution in [1.82, 2.24) is 14.9 Å². The zero-order valence-corrected chi connectivity index (χ0v) is 14.7. The Hall–Kier alpha value is -2.19. The zero-order valence-electron chi connectivity index (χ0n) is 13.9. The van der Waals surface area contributed by atoms with Crippen LogP contribution in [0.3, 0.4) is 0 Å². The largest absolute Gasteiger partial charge is 0.487 e. The van der Waals surface area contributed by atoms with E-state index in [1.807, 2.05) is 12.3 Å². The van der Waals surface area contributed by atoms with Crippen molar-refractivity contribution < 1.29 is 14.3 Å². The van der Waals surface area contributed by atoms with Crippen LogP contribution in [-0.4, -0.2) is 46.6 Å². The van der Waals surface area contributed by atoms with Gasteiger partial charge in [0.05, 0.1) is 7.11 Å². The van der Waals surface area contributed by atoms with Crippen molar-refractivity contribution in [3.05, 3.63) is 29.4 Å². The van der Waals surface area contributed by atoms with E-state index in [0.29, 0.717) is 17.1 Å². The molecule has 1 aliphatic heterocycles. The fourth-order valence-electron chi connectivity index (χ4n) is 2.53. The lowest BCUT2D eigenvalue weighted by molar-refractivity contribution is -0.114. The lowest BCUT2D eigenvalue weighted by Gasteiger charge is -2.45. The van der Waals surface area contributed by atoms with E-state index in [1.54, 1.807) is 19.4 Å². The van der Waals surface area contributed by atoms with Crippen molar-refractivity contribution in [3.63, 3.8) is 0 Å². The third-order valence-electron chi connectivity index (χ3n) is 3.93. The van der Waals surface area contributed by atoms with E-state index in [4.69, 9.17) is 9.47 Å². The number of ether oxygens (including phenoxy) is 2. The topological polar surface area (TPSA) is 76.6 Å². The second-order valence-corrected chi connectivity index (χ2v) is 6.79. The van der Waals surface area contributed by atoms with E-state index in [2.05, 4.69) is 27.1 Å². The van der Waals surface area contributed by atoms with Crippen LogP contribution in [0.5, 0.6) is 11.6 Å². The number of nitrogens with one attached hydrogen (secondary N) is 1. The maximum atomic E-state index is 11.0. The quantitative estimate of drug-likeness (QED) is 0.862. The molecule has 0 aliphatic carbocycles. The zero-order chi connectivity index (χ0) is 17.1. The molecule has 3 heterocycles. The molecule has 1 fully saturated rings. The molecule has 0 radical (unpaired) electrons. The maximum Gasteiger partial charge on any atom is 0.223 e. The summed E-state index contributed by atoms with van der Waals surface area (Å²) in [6.45, 7) is 5.27. The van der Waals surface area contributed by atoms with Gasteiger partial charge >= 0.3 is 0 Å². The number of rotatable bonds is 6. The first-order chi connectivity index (χ1) is 11.5. The van der Waals surface area contributed by atoms with Crippen LogP contribution in [0.25, 0.3) is 0 Å². The molecule has 128 valence electrons. The average Bonchev–Trinajstić information content (AvgIpc) is 3.00. The number of pyridine rings is 1. The standard InChI is InChI=1S/C16H20N4O3S/c1-10-14(23-12-4-5-17-15(6-12)22-3)9-20(10)8-13-7-18-16(24-13)19-11(2)21/h4-7,10,14H,8-9H2,1-3H3,(H,18,19,21). The van der Waals surface area contributed by atoms with Crippen LogP contribution in [0.2, 0.25) is 0 Å². The maximum absolute atomic E-state index is 11.0. The number of methoxy groups -OCH3 is 1. The molecule has 1 saturated heterocycles. The van der Waals surface area contributed by atoms with Gasteiger partial charge in [-0.1, -0.05) is 0 Å². The number of nitrogens with zero attached hydrogens (tertiary/aromatic N) is 3. The minimum atomic E-state index is -0.102. The summed E-state index contributed by atoms with van der Waals surface area (Å²) >= 11 is 1.50. The molecular formula is C16H20N4O3S. The molecule has 2 aromatic rings. The Balaban J connectivity index is 1.52. The first kappa shape index (κ1) is 16.7. The van der Waals surface area contributed by atoms with Crippen LogP contribution in [0.15, 0.2) is 24.5 Å². The number of aromatic nitrogens is 2. The highest BCUT2D eigenvalue weighted by Crippen LogP contribution is 2.28. The summed E-state index contributed by atoms with van der Waals surface area (Å²) in [6.07, 6.45) is 3.63. The van der Waals surface area contributed by atoms with Gasteiger partial charge in [-0.05, 0) is 13.0 Å². The molecule has 7 nitrogen and oxygen atoms in total. The van der Waals surface area contributed by atoms with Gasteiger partial charge < -0.3 is 14.8 Å². The molecule has 2 unspecified atom stereocenters. The number of hydrogen-bond donors (Lipinski definition) is 1. The number of amides is 1. The molecule has 1 N–H and O–H groups in total. The predicted octanol–water partition coefficient (Wildman–Crippen LogP) is 2.16. The molecule has 0 spiro atoms. The lowest BCUT2D eigenvalue weighted by Crippen LogP contribution is -2.60. The summed E-state index contributed by atoms with van der Waals surface area (Å²) in [5, 5.41) is 3.35. The minimum absolute atomic E-state index is 0.102. The fourth-order valence-corrected chi connectivity index (χ4v) is 3.42. The highest BCUT2D eigenvalue weighted by molar-refractivity contribution is 7.15. The highest BCUT2D eigenvalue weighted by atomic mass is 32.1. The van der Waals surface area contributed by atoms with Crippen LogP contribution in [0.1, 0.15) is 18.7 Å². The Morgan fingerprint density at radius 1 is 1.50 bits per heavy atom. The molecule has 1 aliphatic rings. The van der Waals surface area contributed by atoms with E-state index in [1.165, 1.54) is 18.3 Å². The molecule has 3 rings (SSSR count). The van der Waals surface area contributed by atoms with Crippen LogP contribution >= 0.6 is 11.3 Å². The van der Waals surface area contributed by atoms with Gasteiger partial charge in [0.1, 0.15) is 11.9 Å². The van der Waals surface area contributed by atoms with Crippen LogP contribution in [0, 0.1) is 0 Å². The molecule has 0 bridgehead atoms. The molecule has 0 saturated carbocycles. The predicted molar refractivity (Wildman–Crippen MR) is 91.5 cm³/mol. The first-order valence-electron chi connectivity index (χ1n) is 7.68. The van der Waals surface area contributed by atoms with Gasteiger partial charge in [0.2, 0.25) is 11.8 Å². The lowest BCUT2D eigenvalue weighted by atomic mass is 10.0. The Labute approximate surface area is 144 Å². The Kier molecular flexibility index (Phi) is 4.96. The van der Waals surface area contributed by atoms with Crippen molar-refractivity contribution in [2.24, 2.45) is 0 Å². The molecule has 2 atom stereocenters. The van der Waals surface area contributed by atoms with Crippen molar-refractivity contribution in [3.8, 4) is 11.6 Å². The Morgan fingerprint density at radius 2 is 2.33 bits per heavy atom. The fraction of sp³-hybridized carbons (Fsp3) is 0.438. The molecular weight excluding hydrogens is 328 g/mol. The highest BCUT2D eigenvalue weighted by Gasteiger charge is 2.37. The molecule has 1 amide bonds. The molecule has 0 aromatic carbocycles. The normalized spacial score (nSPS) is 20.3. The van der Waals surface area contributed by atoms with E-state index in [0.717, 1.165) is 23.7 Å². The van der Waals surface area contributed by atoms with Gasteiger partial charge in [0.25, 0.3) is 0 Å². The van der Waals surface area contributed by atoms with E-state index < -0.39 is 0 Å². The molecule has 2 aromatic heterocycles.